The number of rotatable bonds is 5. The van der Waals surface area contributed by atoms with E-state index in [0.29, 0.717) is 24.2 Å². The van der Waals surface area contributed by atoms with Gasteiger partial charge < -0.3 is 4.74 Å². The topological polar surface area (TPSA) is 26.3 Å². The molecule has 2 aliphatic rings. The quantitative estimate of drug-likeness (QED) is 0.651. The summed E-state index contributed by atoms with van der Waals surface area (Å²) >= 11 is 0. The molecule has 2 aliphatic carbocycles. The molecule has 74 valence electrons. The zero-order valence-corrected chi connectivity index (χ0v) is 8.29. The van der Waals surface area contributed by atoms with Gasteiger partial charge in [-0.15, -0.1) is 0 Å². The van der Waals surface area contributed by atoms with Gasteiger partial charge in [0.15, 0.2) is 5.78 Å². The van der Waals surface area contributed by atoms with Crippen LogP contribution in [0.15, 0.2) is 0 Å². The van der Waals surface area contributed by atoms with Gasteiger partial charge in [0.25, 0.3) is 0 Å². The molecule has 13 heavy (non-hydrogen) atoms. The van der Waals surface area contributed by atoms with E-state index in [-0.39, 0.29) is 6.10 Å². The maximum Gasteiger partial charge on any atom is 0.164 e. The molecule has 0 amide bonds. The first-order valence-corrected chi connectivity index (χ1v) is 5.48. The molecule has 0 aromatic carbocycles. The van der Waals surface area contributed by atoms with Crippen LogP contribution in [0.3, 0.4) is 0 Å². The fraction of sp³-hybridized carbons (Fsp3) is 0.909. The van der Waals surface area contributed by atoms with E-state index in [4.69, 9.17) is 4.74 Å². The Balaban J connectivity index is 1.88. The third kappa shape index (κ3) is 1.93. The van der Waals surface area contributed by atoms with Crippen LogP contribution in [-0.4, -0.2) is 18.5 Å². The normalized spacial score (nSPS) is 25.3. The first-order valence-electron chi connectivity index (χ1n) is 5.48. The number of Topliss-reactive ketones (excluding diaryl/α,β-unsaturated/α-hetero) is 1. The zero-order chi connectivity index (χ0) is 9.26. The lowest BCUT2D eigenvalue weighted by atomic mass is 9.79. The summed E-state index contributed by atoms with van der Waals surface area (Å²) < 4.78 is 5.54. The highest BCUT2D eigenvalue weighted by molar-refractivity contribution is 5.86. The minimum Gasteiger partial charge on any atom is -0.370 e. The first-order chi connectivity index (χ1) is 6.33. The number of carbonyl (C=O) groups is 1. The predicted octanol–water partition coefficient (Wildman–Crippen LogP) is 2.17. The maximum atomic E-state index is 11.9. The Morgan fingerprint density at radius 2 is 2.08 bits per heavy atom. The molecule has 0 N–H and O–H groups in total. The molecule has 2 fully saturated rings. The second-order valence-corrected chi connectivity index (χ2v) is 4.24. The Kier molecular flexibility index (Phi) is 2.68. The second-order valence-electron chi connectivity index (χ2n) is 4.24. The predicted molar refractivity (Wildman–Crippen MR) is 50.5 cm³/mol. The highest BCUT2D eigenvalue weighted by Gasteiger charge is 2.40. The summed E-state index contributed by atoms with van der Waals surface area (Å²) in [5.41, 5.74) is 0. The molecular weight excluding hydrogens is 164 g/mol. The Bertz CT molecular complexity index is 192. The molecule has 0 bridgehead atoms. The maximum absolute atomic E-state index is 11.9. The Labute approximate surface area is 79.7 Å². The van der Waals surface area contributed by atoms with Gasteiger partial charge in [0, 0.05) is 12.5 Å². The van der Waals surface area contributed by atoms with E-state index in [0.717, 1.165) is 12.8 Å². The molecule has 2 saturated carbocycles. The van der Waals surface area contributed by atoms with E-state index < -0.39 is 0 Å². The highest BCUT2D eigenvalue weighted by atomic mass is 16.5. The van der Waals surface area contributed by atoms with Crippen molar-refractivity contribution in [3.05, 3.63) is 0 Å². The highest BCUT2D eigenvalue weighted by Crippen LogP contribution is 2.38. The molecule has 0 saturated heterocycles. The minimum absolute atomic E-state index is 0.0460. The molecule has 0 aromatic heterocycles. The van der Waals surface area contributed by atoms with Crippen molar-refractivity contribution >= 4 is 5.78 Å². The zero-order valence-electron chi connectivity index (χ0n) is 8.29. The molecule has 1 atom stereocenters. The summed E-state index contributed by atoms with van der Waals surface area (Å²) in [6.07, 6.45) is 5.80. The summed E-state index contributed by atoms with van der Waals surface area (Å²) in [4.78, 5) is 11.9. The van der Waals surface area contributed by atoms with E-state index in [1.807, 2.05) is 6.92 Å². The molecule has 0 aromatic rings. The molecule has 0 heterocycles. The van der Waals surface area contributed by atoms with Crippen molar-refractivity contribution in [2.24, 2.45) is 11.8 Å². The number of hydrogen-bond donors (Lipinski definition) is 0. The van der Waals surface area contributed by atoms with Crippen LogP contribution in [0.4, 0.5) is 0 Å². The van der Waals surface area contributed by atoms with E-state index in [2.05, 4.69) is 0 Å². The Morgan fingerprint density at radius 3 is 2.46 bits per heavy atom. The molecule has 0 aliphatic heterocycles. The van der Waals surface area contributed by atoms with Gasteiger partial charge in [-0.25, -0.2) is 0 Å². The van der Waals surface area contributed by atoms with Crippen molar-refractivity contribution in [2.75, 3.05) is 6.61 Å². The molecule has 0 radical (unpaired) electrons. The summed E-state index contributed by atoms with van der Waals surface area (Å²) in [7, 11) is 0. The van der Waals surface area contributed by atoms with Gasteiger partial charge in [-0.1, -0.05) is 6.42 Å². The summed E-state index contributed by atoms with van der Waals surface area (Å²) in [6.45, 7) is 2.66. The number of hydrogen-bond acceptors (Lipinski definition) is 2. The van der Waals surface area contributed by atoms with Crippen LogP contribution in [0.25, 0.3) is 0 Å². The monoisotopic (exact) mass is 182 g/mol. The van der Waals surface area contributed by atoms with Gasteiger partial charge in [-0.2, -0.15) is 0 Å². The van der Waals surface area contributed by atoms with E-state index >= 15 is 0 Å². The van der Waals surface area contributed by atoms with Crippen molar-refractivity contribution in [3.63, 3.8) is 0 Å². The SMILES string of the molecule is CCOC(C(=O)C1CCC1)C1CC1. The largest absolute Gasteiger partial charge is 0.370 e. The first kappa shape index (κ1) is 9.20. The summed E-state index contributed by atoms with van der Waals surface area (Å²) in [6, 6.07) is 0. The third-order valence-corrected chi connectivity index (χ3v) is 3.18. The summed E-state index contributed by atoms with van der Waals surface area (Å²) in [5.74, 6) is 1.31. The van der Waals surface area contributed by atoms with Crippen LogP contribution in [0, 0.1) is 11.8 Å². The van der Waals surface area contributed by atoms with Gasteiger partial charge in [0.2, 0.25) is 0 Å². The Morgan fingerprint density at radius 1 is 1.38 bits per heavy atom. The number of ketones is 1. The van der Waals surface area contributed by atoms with Crippen molar-refractivity contribution in [1.29, 1.82) is 0 Å². The molecule has 1 unspecified atom stereocenters. The number of carbonyl (C=O) groups excluding carboxylic acids is 1. The van der Waals surface area contributed by atoms with Crippen molar-refractivity contribution in [3.8, 4) is 0 Å². The van der Waals surface area contributed by atoms with Crippen LogP contribution in [-0.2, 0) is 9.53 Å². The molecule has 0 spiro atoms. The van der Waals surface area contributed by atoms with Crippen LogP contribution in [0.1, 0.15) is 39.0 Å². The standard InChI is InChI=1S/C11H18O2/c1-2-13-11(9-6-7-9)10(12)8-4-3-5-8/h8-9,11H,2-7H2,1H3. The number of ether oxygens (including phenoxy) is 1. The van der Waals surface area contributed by atoms with Gasteiger partial charge >= 0.3 is 0 Å². The molecular formula is C11H18O2. The van der Waals surface area contributed by atoms with Crippen molar-refractivity contribution in [1.82, 2.24) is 0 Å². The van der Waals surface area contributed by atoms with Crippen LogP contribution in [0.5, 0.6) is 0 Å². The van der Waals surface area contributed by atoms with E-state index in [1.165, 1.54) is 19.3 Å². The minimum atomic E-state index is -0.0460. The molecule has 2 heteroatoms. The Hall–Kier alpha value is -0.370. The van der Waals surface area contributed by atoms with E-state index in [9.17, 15) is 4.79 Å². The van der Waals surface area contributed by atoms with Crippen LogP contribution >= 0.6 is 0 Å². The van der Waals surface area contributed by atoms with Gasteiger partial charge in [-0.3, -0.25) is 4.79 Å². The lowest BCUT2D eigenvalue weighted by Crippen LogP contribution is -2.35. The average molecular weight is 182 g/mol. The van der Waals surface area contributed by atoms with Crippen LogP contribution in [0.2, 0.25) is 0 Å². The van der Waals surface area contributed by atoms with Gasteiger partial charge in [-0.05, 0) is 38.5 Å². The third-order valence-electron chi connectivity index (χ3n) is 3.18. The summed E-state index contributed by atoms with van der Waals surface area (Å²) in [5, 5.41) is 0. The van der Waals surface area contributed by atoms with Crippen molar-refractivity contribution < 1.29 is 9.53 Å². The van der Waals surface area contributed by atoms with E-state index in [1.54, 1.807) is 0 Å². The van der Waals surface area contributed by atoms with Crippen molar-refractivity contribution in [2.45, 2.75) is 45.1 Å². The smallest absolute Gasteiger partial charge is 0.164 e. The fourth-order valence-electron chi connectivity index (χ4n) is 1.95. The van der Waals surface area contributed by atoms with Gasteiger partial charge in [0.1, 0.15) is 6.10 Å². The average Bonchev–Trinajstić information content (AvgIpc) is 2.79. The molecule has 2 rings (SSSR count). The molecule has 2 nitrogen and oxygen atoms in total. The van der Waals surface area contributed by atoms with Crippen LogP contribution < -0.4 is 0 Å². The second kappa shape index (κ2) is 3.79. The lowest BCUT2D eigenvalue weighted by molar-refractivity contribution is -0.138. The fourth-order valence-corrected chi connectivity index (χ4v) is 1.95. The van der Waals surface area contributed by atoms with Gasteiger partial charge in [0.05, 0.1) is 0 Å². The lowest BCUT2D eigenvalue weighted by Gasteiger charge is -2.28.